The topological polar surface area (TPSA) is 29.5 Å². The van der Waals surface area contributed by atoms with Gasteiger partial charge in [0.1, 0.15) is 5.75 Å². The SMILES string of the molecule is COc1ccccc1CC(O)C1CC(C)=CC(C)C1. The van der Waals surface area contributed by atoms with Crippen LogP contribution in [0.5, 0.6) is 5.75 Å². The van der Waals surface area contributed by atoms with E-state index in [4.69, 9.17) is 4.74 Å². The first-order chi connectivity index (χ1) is 9.10. The predicted octanol–water partition coefficient (Wildman–Crippen LogP) is 3.59. The molecule has 0 amide bonds. The van der Waals surface area contributed by atoms with E-state index < -0.39 is 0 Å². The van der Waals surface area contributed by atoms with Crippen LogP contribution in [0.3, 0.4) is 0 Å². The van der Waals surface area contributed by atoms with Crippen LogP contribution >= 0.6 is 0 Å². The highest BCUT2D eigenvalue weighted by Gasteiger charge is 2.25. The molecule has 1 aliphatic carbocycles. The molecule has 0 fully saturated rings. The molecule has 19 heavy (non-hydrogen) atoms. The maximum atomic E-state index is 10.5. The van der Waals surface area contributed by atoms with Gasteiger partial charge in [0.05, 0.1) is 13.2 Å². The molecule has 0 bridgehead atoms. The number of allylic oxidation sites excluding steroid dienone is 2. The third-order valence-corrected chi connectivity index (χ3v) is 3.99. The molecule has 0 saturated heterocycles. The average Bonchev–Trinajstić information content (AvgIpc) is 2.38. The highest BCUT2D eigenvalue weighted by Crippen LogP contribution is 2.32. The molecule has 2 nitrogen and oxygen atoms in total. The summed E-state index contributed by atoms with van der Waals surface area (Å²) in [6.07, 6.45) is 4.80. The highest BCUT2D eigenvalue weighted by molar-refractivity contribution is 5.33. The standard InChI is InChI=1S/C17H24O2/c1-12-8-13(2)10-15(9-12)16(18)11-14-6-4-5-7-17(14)19-3/h4-8,12,15-16,18H,9-11H2,1-3H3. The number of methoxy groups -OCH3 is 1. The minimum absolute atomic E-state index is 0.289. The quantitative estimate of drug-likeness (QED) is 0.838. The van der Waals surface area contributed by atoms with Crippen molar-refractivity contribution in [1.82, 2.24) is 0 Å². The van der Waals surface area contributed by atoms with Gasteiger partial charge in [0, 0.05) is 6.42 Å². The minimum Gasteiger partial charge on any atom is -0.496 e. The molecule has 0 aliphatic heterocycles. The lowest BCUT2D eigenvalue weighted by Gasteiger charge is -2.29. The van der Waals surface area contributed by atoms with Gasteiger partial charge in [-0.15, -0.1) is 0 Å². The molecule has 0 saturated carbocycles. The summed E-state index contributed by atoms with van der Waals surface area (Å²) in [4.78, 5) is 0. The Bertz CT molecular complexity index is 450. The second kappa shape index (κ2) is 6.25. The second-order valence-corrected chi connectivity index (χ2v) is 5.77. The fourth-order valence-electron chi connectivity index (χ4n) is 3.15. The largest absolute Gasteiger partial charge is 0.496 e. The molecule has 2 heteroatoms. The number of hydrogen-bond acceptors (Lipinski definition) is 2. The first kappa shape index (κ1) is 14.1. The lowest BCUT2D eigenvalue weighted by molar-refractivity contribution is 0.0926. The Kier molecular flexibility index (Phi) is 4.65. The predicted molar refractivity (Wildman–Crippen MR) is 78.3 cm³/mol. The van der Waals surface area contributed by atoms with Gasteiger partial charge in [-0.2, -0.15) is 0 Å². The summed E-state index contributed by atoms with van der Waals surface area (Å²) in [5.74, 6) is 1.81. The van der Waals surface area contributed by atoms with Crippen LogP contribution in [-0.2, 0) is 6.42 Å². The first-order valence-corrected chi connectivity index (χ1v) is 7.07. The summed E-state index contributed by atoms with van der Waals surface area (Å²) in [7, 11) is 1.68. The van der Waals surface area contributed by atoms with Gasteiger partial charge in [-0.3, -0.25) is 0 Å². The molecule has 3 atom stereocenters. The normalized spacial score (nSPS) is 24.7. The van der Waals surface area contributed by atoms with Crippen molar-refractivity contribution in [3.63, 3.8) is 0 Å². The average molecular weight is 260 g/mol. The Morgan fingerprint density at radius 2 is 2.11 bits per heavy atom. The molecule has 104 valence electrons. The van der Waals surface area contributed by atoms with Crippen LogP contribution in [0.15, 0.2) is 35.9 Å². The van der Waals surface area contributed by atoms with Gasteiger partial charge in [0.2, 0.25) is 0 Å². The van der Waals surface area contributed by atoms with Gasteiger partial charge in [-0.25, -0.2) is 0 Å². The zero-order valence-corrected chi connectivity index (χ0v) is 12.1. The van der Waals surface area contributed by atoms with Crippen LogP contribution in [0.2, 0.25) is 0 Å². The van der Waals surface area contributed by atoms with Crippen molar-refractivity contribution in [3.8, 4) is 5.75 Å². The molecule has 0 heterocycles. The molecule has 1 aromatic carbocycles. The van der Waals surface area contributed by atoms with E-state index in [1.807, 2.05) is 24.3 Å². The van der Waals surface area contributed by atoms with E-state index in [2.05, 4.69) is 19.9 Å². The number of ether oxygens (including phenoxy) is 1. The molecule has 1 aromatic rings. The summed E-state index contributed by atoms with van der Waals surface area (Å²) in [5.41, 5.74) is 2.50. The molecule has 1 aliphatic rings. The van der Waals surface area contributed by atoms with Gasteiger partial charge in [-0.05, 0) is 43.2 Å². The molecular weight excluding hydrogens is 236 g/mol. The lowest BCUT2D eigenvalue weighted by atomic mass is 9.79. The summed E-state index contributed by atoms with van der Waals surface area (Å²) in [6, 6.07) is 7.96. The van der Waals surface area contributed by atoms with Gasteiger partial charge in [-0.1, -0.05) is 36.8 Å². The van der Waals surface area contributed by atoms with E-state index in [1.165, 1.54) is 5.57 Å². The van der Waals surface area contributed by atoms with Gasteiger partial charge in [0.15, 0.2) is 0 Å². The zero-order chi connectivity index (χ0) is 13.8. The van der Waals surface area contributed by atoms with E-state index >= 15 is 0 Å². The lowest BCUT2D eigenvalue weighted by Crippen LogP contribution is -2.27. The number of aliphatic hydroxyl groups excluding tert-OH is 1. The van der Waals surface area contributed by atoms with Crippen LogP contribution in [0, 0.1) is 11.8 Å². The summed E-state index contributed by atoms with van der Waals surface area (Å²) in [5, 5.41) is 10.5. The monoisotopic (exact) mass is 260 g/mol. The van der Waals surface area contributed by atoms with E-state index in [1.54, 1.807) is 7.11 Å². The fourth-order valence-corrected chi connectivity index (χ4v) is 3.15. The molecule has 2 rings (SSSR count). The molecule has 1 N–H and O–H groups in total. The van der Waals surface area contributed by atoms with Crippen LogP contribution in [-0.4, -0.2) is 18.3 Å². The van der Waals surface area contributed by atoms with Crippen LogP contribution < -0.4 is 4.74 Å². The van der Waals surface area contributed by atoms with Crippen molar-refractivity contribution in [2.75, 3.05) is 7.11 Å². The summed E-state index contributed by atoms with van der Waals surface area (Å²) < 4.78 is 5.35. The number of hydrogen-bond donors (Lipinski definition) is 1. The second-order valence-electron chi connectivity index (χ2n) is 5.77. The highest BCUT2D eigenvalue weighted by atomic mass is 16.5. The van der Waals surface area contributed by atoms with Gasteiger partial charge in [0.25, 0.3) is 0 Å². The first-order valence-electron chi connectivity index (χ1n) is 7.07. The summed E-state index contributed by atoms with van der Waals surface area (Å²) in [6.45, 7) is 4.39. The van der Waals surface area contributed by atoms with Crippen molar-refractivity contribution >= 4 is 0 Å². The van der Waals surface area contributed by atoms with Crippen LogP contribution in [0.25, 0.3) is 0 Å². The van der Waals surface area contributed by atoms with E-state index in [-0.39, 0.29) is 6.10 Å². The summed E-state index contributed by atoms with van der Waals surface area (Å²) >= 11 is 0. The van der Waals surface area contributed by atoms with E-state index in [0.29, 0.717) is 18.3 Å². The third-order valence-electron chi connectivity index (χ3n) is 3.99. The van der Waals surface area contributed by atoms with Gasteiger partial charge >= 0.3 is 0 Å². The Labute approximate surface area is 116 Å². The van der Waals surface area contributed by atoms with E-state index in [9.17, 15) is 5.11 Å². The molecule has 3 unspecified atom stereocenters. The Morgan fingerprint density at radius 1 is 1.37 bits per heavy atom. The Balaban J connectivity index is 2.05. The number of rotatable bonds is 4. The maximum absolute atomic E-state index is 10.5. The third kappa shape index (κ3) is 3.60. The molecule has 0 aromatic heterocycles. The van der Waals surface area contributed by atoms with E-state index in [0.717, 1.165) is 24.2 Å². The Hall–Kier alpha value is -1.28. The number of aliphatic hydroxyl groups is 1. The molecular formula is C17H24O2. The van der Waals surface area contributed by atoms with Crippen molar-refractivity contribution in [2.45, 2.75) is 39.2 Å². The van der Waals surface area contributed by atoms with Crippen LogP contribution in [0.4, 0.5) is 0 Å². The van der Waals surface area contributed by atoms with Crippen molar-refractivity contribution in [2.24, 2.45) is 11.8 Å². The maximum Gasteiger partial charge on any atom is 0.122 e. The van der Waals surface area contributed by atoms with Crippen molar-refractivity contribution < 1.29 is 9.84 Å². The smallest absolute Gasteiger partial charge is 0.122 e. The van der Waals surface area contributed by atoms with Gasteiger partial charge < -0.3 is 9.84 Å². The zero-order valence-electron chi connectivity index (χ0n) is 12.1. The molecule has 0 spiro atoms. The minimum atomic E-state index is -0.289. The number of benzene rings is 1. The molecule has 0 radical (unpaired) electrons. The Morgan fingerprint density at radius 3 is 2.79 bits per heavy atom. The van der Waals surface area contributed by atoms with Crippen molar-refractivity contribution in [1.29, 1.82) is 0 Å². The fraction of sp³-hybridized carbons (Fsp3) is 0.529. The number of para-hydroxylation sites is 1. The van der Waals surface area contributed by atoms with Crippen molar-refractivity contribution in [3.05, 3.63) is 41.5 Å². The van der Waals surface area contributed by atoms with Crippen LogP contribution in [0.1, 0.15) is 32.3 Å².